The van der Waals surface area contributed by atoms with Crippen LogP contribution in [0.3, 0.4) is 0 Å². The molecule has 0 aromatic rings. The molecule has 0 aromatic carbocycles. The summed E-state index contributed by atoms with van der Waals surface area (Å²) in [5.41, 5.74) is -0.882. The van der Waals surface area contributed by atoms with Crippen molar-refractivity contribution in [3.05, 3.63) is 0 Å². The zero-order valence-corrected chi connectivity index (χ0v) is 17.9. The van der Waals surface area contributed by atoms with Gasteiger partial charge in [-0.1, -0.05) is 39.0 Å². The smallest absolute Gasteiger partial charge is 0.0591 e. The average molecular weight is 369 g/mol. The summed E-state index contributed by atoms with van der Waals surface area (Å²) < 4.78 is 0. The van der Waals surface area contributed by atoms with Crippen molar-refractivity contribution in [1.29, 1.82) is 0 Å². The van der Waals surface area contributed by atoms with Crippen LogP contribution in [0.15, 0.2) is 0 Å². The molecule has 2 rings (SSSR count). The largest absolute Gasteiger partial charge is 0.393 e. The average Bonchev–Trinajstić information content (AvgIpc) is 2.81. The molecule has 0 aliphatic heterocycles. The highest BCUT2D eigenvalue weighted by Crippen LogP contribution is 2.59. The van der Waals surface area contributed by atoms with E-state index in [1.807, 2.05) is 27.7 Å². The lowest BCUT2D eigenvalue weighted by molar-refractivity contribution is -0.0320. The molecule has 0 bridgehead atoms. The summed E-state index contributed by atoms with van der Waals surface area (Å²) in [4.78, 5) is 0. The predicted molar refractivity (Wildman–Crippen MR) is 108 cm³/mol. The van der Waals surface area contributed by atoms with Crippen LogP contribution >= 0.6 is 0 Å². The zero-order valence-electron chi connectivity index (χ0n) is 17.9. The van der Waals surface area contributed by atoms with Crippen LogP contribution in [-0.4, -0.2) is 32.6 Å². The van der Waals surface area contributed by atoms with Crippen molar-refractivity contribution in [2.24, 2.45) is 23.2 Å². The highest BCUT2D eigenvalue weighted by molar-refractivity contribution is 5.02. The maximum Gasteiger partial charge on any atom is 0.0591 e. The number of hydrogen-bond acceptors (Lipinski definition) is 3. The van der Waals surface area contributed by atoms with E-state index in [0.29, 0.717) is 17.8 Å². The van der Waals surface area contributed by atoms with Gasteiger partial charge in [0.2, 0.25) is 0 Å². The number of aliphatic hydroxyl groups excluding tert-OH is 1. The lowest BCUT2D eigenvalue weighted by Crippen LogP contribution is -2.42. The molecular formula is C23H44O3. The SMILES string of the molecule is CC(C)(O)CCCC(CCCC(C)(C)O)[C@@H]1CC[C@@H]2[C@H](O)CCC[C@]21C. The van der Waals surface area contributed by atoms with E-state index in [0.717, 1.165) is 38.5 Å². The number of fused-ring (bicyclic) bond motifs is 1. The minimum absolute atomic E-state index is 0.104. The molecule has 4 atom stereocenters. The van der Waals surface area contributed by atoms with E-state index in [1.165, 1.54) is 32.1 Å². The number of aliphatic hydroxyl groups is 3. The van der Waals surface area contributed by atoms with Gasteiger partial charge < -0.3 is 15.3 Å². The first kappa shape index (κ1) is 22.2. The molecule has 2 saturated carbocycles. The van der Waals surface area contributed by atoms with Gasteiger partial charge in [-0.05, 0) is 89.4 Å². The summed E-state index contributed by atoms with van der Waals surface area (Å²) in [6.45, 7) is 10.1. The monoisotopic (exact) mass is 368 g/mol. The number of hydrogen-bond donors (Lipinski definition) is 3. The third-order valence-electron chi connectivity index (χ3n) is 7.46. The highest BCUT2D eigenvalue weighted by Gasteiger charge is 2.52. The fourth-order valence-corrected chi connectivity index (χ4v) is 6.10. The Bertz CT molecular complexity index is 414. The molecule has 3 nitrogen and oxygen atoms in total. The Labute approximate surface area is 161 Å². The molecule has 0 amide bonds. The molecule has 3 N–H and O–H groups in total. The van der Waals surface area contributed by atoms with Gasteiger partial charge in [0.25, 0.3) is 0 Å². The summed E-state index contributed by atoms with van der Waals surface area (Å²) in [5, 5.41) is 30.7. The van der Waals surface area contributed by atoms with Crippen molar-refractivity contribution in [2.45, 2.75) is 123 Å². The third-order valence-corrected chi connectivity index (χ3v) is 7.46. The first-order valence-electron chi connectivity index (χ1n) is 11.1. The summed E-state index contributed by atoms with van der Waals surface area (Å²) in [7, 11) is 0. The van der Waals surface area contributed by atoms with Crippen LogP contribution in [-0.2, 0) is 0 Å². The van der Waals surface area contributed by atoms with Crippen molar-refractivity contribution in [3.63, 3.8) is 0 Å². The van der Waals surface area contributed by atoms with Gasteiger partial charge in [-0.25, -0.2) is 0 Å². The Morgan fingerprint density at radius 3 is 1.96 bits per heavy atom. The molecule has 3 heteroatoms. The minimum Gasteiger partial charge on any atom is -0.393 e. The summed E-state index contributed by atoms with van der Waals surface area (Å²) in [5.74, 6) is 1.82. The highest BCUT2D eigenvalue weighted by atomic mass is 16.3. The summed E-state index contributed by atoms with van der Waals surface area (Å²) in [6.07, 6.45) is 11.9. The van der Waals surface area contributed by atoms with E-state index in [-0.39, 0.29) is 11.5 Å². The Kier molecular flexibility index (Phi) is 7.24. The van der Waals surface area contributed by atoms with Gasteiger partial charge in [0, 0.05) is 0 Å². The van der Waals surface area contributed by atoms with Gasteiger partial charge in [0.15, 0.2) is 0 Å². The van der Waals surface area contributed by atoms with Crippen molar-refractivity contribution in [1.82, 2.24) is 0 Å². The van der Waals surface area contributed by atoms with Crippen LogP contribution in [0.1, 0.15) is 105 Å². The molecule has 0 radical (unpaired) electrons. The molecule has 0 spiro atoms. The lowest BCUT2D eigenvalue weighted by atomic mass is 9.60. The maximum atomic E-state index is 10.5. The molecule has 0 saturated heterocycles. The summed E-state index contributed by atoms with van der Waals surface area (Å²) >= 11 is 0. The van der Waals surface area contributed by atoms with Crippen LogP contribution in [0.4, 0.5) is 0 Å². The van der Waals surface area contributed by atoms with Crippen molar-refractivity contribution in [3.8, 4) is 0 Å². The Hall–Kier alpha value is -0.120. The van der Waals surface area contributed by atoms with E-state index in [1.54, 1.807) is 0 Å². The standard InChI is InChI=1S/C23H44O3/c1-21(2,25)14-6-9-17(10-7-15-22(3,4)26)18-12-13-19-20(24)11-8-16-23(18,19)5/h17-20,24-26H,6-16H2,1-5H3/t18-,19+,20+,23-/m0/s1. The van der Waals surface area contributed by atoms with Crippen LogP contribution in [0, 0.1) is 23.2 Å². The fourth-order valence-electron chi connectivity index (χ4n) is 6.10. The third kappa shape index (κ3) is 5.94. The topological polar surface area (TPSA) is 60.7 Å². The van der Waals surface area contributed by atoms with Crippen LogP contribution in [0.5, 0.6) is 0 Å². The predicted octanol–water partition coefficient (Wildman–Crippen LogP) is 5.06. The minimum atomic E-state index is -0.583. The molecule has 2 fully saturated rings. The maximum absolute atomic E-state index is 10.5. The molecule has 0 unspecified atom stereocenters. The van der Waals surface area contributed by atoms with E-state index < -0.39 is 11.2 Å². The van der Waals surface area contributed by atoms with Crippen LogP contribution in [0.25, 0.3) is 0 Å². The van der Waals surface area contributed by atoms with E-state index in [2.05, 4.69) is 6.92 Å². The summed E-state index contributed by atoms with van der Waals surface area (Å²) in [6, 6.07) is 0. The Morgan fingerprint density at radius 1 is 0.923 bits per heavy atom. The first-order valence-corrected chi connectivity index (χ1v) is 11.1. The molecule has 26 heavy (non-hydrogen) atoms. The zero-order chi connectivity index (χ0) is 19.6. The Morgan fingerprint density at radius 2 is 1.46 bits per heavy atom. The van der Waals surface area contributed by atoms with E-state index in [4.69, 9.17) is 0 Å². The van der Waals surface area contributed by atoms with Crippen molar-refractivity contribution in [2.75, 3.05) is 0 Å². The molecule has 0 aromatic heterocycles. The second kappa shape index (κ2) is 8.49. The molecule has 2 aliphatic carbocycles. The van der Waals surface area contributed by atoms with Crippen LogP contribution in [0.2, 0.25) is 0 Å². The molecule has 2 aliphatic rings. The van der Waals surface area contributed by atoms with Gasteiger partial charge in [-0.15, -0.1) is 0 Å². The van der Waals surface area contributed by atoms with Gasteiger partial charge in [-0.3, -0.25) is 0 Å². The Balaban J connectivity index is 2.04. The lowest BCUT2D eigenvalue weighted by Gasteiger charge is -2.46. The number of rotatable bonds is 9. The quantitative estimate of drug-likeness (QED) is 0.533. The molecule has 154 valence electrons. The van der Waals surface area contributed by atoms with Crippen molar-refractivity contribution >= 4 is 0 Å². The van der Waals surface area contributed by atoms with Gasteiger partial charge in [0.1, 0.15) is 0 Å². The van der Waals surface area contributed by atoms with E-state index in [9.17, 15) is 15.3 Å². The first-order chi connectivity index (χ1) is 11.9. The molecular weight excluding hydrogens is 324 g/mol. The van der Waals surface area contributed by atoms with Gasteiger partial charge in [0.05, 0.1) is 17.3 Å². The fraction of sp³-hybridized carbons (Fsp3) is 1.00. The molecule has 0 heterocycles. The second-order valence-corrected chi connectivity index (χ2v) is 10.9. The normalized spacial score (nSPS) is 32.9. The van der Waals surface area contributed by atoms with E-state index >= 15 is 0 Å². The van der Waals surface area contributed by atoms with Gasteiger partial charge in [-0.2, -0.15) is 0 Å². The van der Waals surface area contributed by atoms with Gasteiger partial charge >= 0.3 is 0 Å². The van der Waals surface area contributed by atoms with Crippen LogP contribution < -0.4 is 0 Å². The second-order valence-electron chi connectivity index (χ2n) is 10.9. The van der Waals surface area contributed by atoms with Crippen molar-refractivity contribution < 1.29 is 15.3 Å².